The summed E-state index contributed by atoms with van der Waals surface area (Å²) in [6, 6.07) is 3.20. The first-order chi connectivity index (χ1) is 6.65. The smallest absolute Gasteiger partial charge is 0.272 e. The van der Waals surface area contributed by atoms with E-state index in [9.17, 15) is 4.79 Å². The van der Waals surface area contributed by atoms with Crippen LogP contribution in [0.3, 0.4) is 0 Å². The van der Waals surface area contributed by atoms with Gasteiger partial charge in [0.05, 0.1) is 18.4 Å². The molecule has 0 aliphatic carbocycles. The lowest BCUT2D eigenvalue weighted by Gasteiger charge is -2.12. The van der Waals surface area contributed by atoms with Crippen LogP contribution >= 0.6 is 0 Å². The molecule has 1 heterocycles. The molecular weight excluding hydrogens is 178 g/mol. The molecule has 1 aromatic heterocycles. The molecule has 0 saturated carbocycles. The van der Waals surface area contributed by atoms with E-state index in [2.05, 4.69) is 10.9 Å². The van der Waals surface area contributed by atoms with Gasteiger partial charge in [0.15, 0.2) is 0 Å². The first-order valence-corrected chi connectivity index (χ1v) is 4.05. The number of nitrogens with two attached hydrogens (primary N) is 1. The standard InChI is InChI=1S/C10H11N3O/c1-3-6-13(2)10(14)9-5-4-8(11)7-12-9/h1,4-5,7H,6,11H2,2H3. The Labute approximate surface area is 82.7 Å². The number of anilines is 1. The zero-order valence-electron chi connectivity index (χ0n) is 7.90. The normalized spacial score (nSPS) is 9.14. The second-order valence-electron chi connectivity index (χ2n) is 2.84. The van der Waals surface area contributed by atoms with Crippen molar-refractivity contribution < 1.29 is 4.79 Å². The van der Waals surface area contributed by atoms with E-state index in [4.69, 9.17) is 12.2 Å². The van der Waals surface area contributed by atoms with Gasteiger partial charge in [0.1, 0.15) is 5.69 Å². The Balaban J connectivity index is 2.80. The summed E-state index contributed by atoms with van der Waals surface area (Å²) in [5.74, 6) is 2.18. The monoisotopic (exact) mass is 189 g/mol. The molecule has 0 aromatic carbocycles. The average molecular weight is 189 g/mol. The van der Waals surface area contributed by atoms with Crippen molar-refractivity contribution in [2.75, 3.05) is 19.3 Å². The van der Waals surface area contributed by atoms with Crippen LogP contribution in [-0.4, -0.2) is 29.4 Å². The molecule has 1 rings (SSSR count). The van der Waals surface area contributed by atoms with E-state index in [0.717, 1.165) is 0 Å². The van der Waals surface area contributed by atoms with Crippen molar-refractivity contribution in [1.82, 2.24) is 9.88 Å². The minimum Gasteiger partial charge on any atom is -0.397 e. The highest BCUT2D eigenvalue weighted by atomic mass is 16.2. The molecule has 0 saturated heterocycles. The van der Waals surface area contributed by atoms with Gasteiger partial charge in [0.2, 0.25) is 0 Å². The van der Waals surface area contributed by atoms with Crippen molar-refractivity contribution in [2.45, 2.75) is 0 Å². The quantitative estimate of drug-likeness (QED) is 0.684. The minimum absolute atomic E-state index is 0.206. The summed E-state index contributed by atoms with van der Waals surface area (Å²) in [5, 5.41) is 0. The van der Waals surface area contributed by atoms with E-state index in [1.165, 1.54) is 11.1 Å². The van der Waals surface area contributed by atoms with E-state index in [0.29, 0.717) is 11.4 Å². The van der Waals surface area contributed by atoms with Gasteiger partial charge in [-0.3, -0.25) is 4.79 Å². The van der Waals surface area contributed by atoms with Gasteiger partial charge in [-0.25, -0.2) is 4.98 Å². The molecule has 14 heavy (non-hydrogen) atoms. The molecular formula is C10H11N3O. The third kappa shape index (κ3) is 2.23. The summed E-state index contributed by atoms with van der Waals surface area (Å²) in [5.41, 5.74) is 6.32. The van der Waals surface area contributed by atoms with E-state index in [1.807, 2.05) is 0 Å². The molecule has 0 aliphatic rings. The molecule has 72 valence electrons. The predicted molar refractivity (Wildman–Crippen MR) is 54.4 cm³/mol. The van der Waals surface area contributed by atoms with Crippen LogP contribution in [0.2, 0.25) is 0 Å². The van der Waals surface area contributed by atoms with E-state index < -0.39 is 0 Å². The van der Waals surface area contributed by atoms with Crippen molar-refractivity contribution in [3.05, 3.63) is 24.0 Å². The maximum Gasteiger partial charge on any atom is 0.272 e. The van der Waals surface area contributed by atoms with Gasteiger partial charge in [-0.15, -0.1) is 6.42 Å². The first kappa shape index (κ1) is 10.1. The summed E-state index contributed by atoms with van der Waals surface area (Å²) in [6.07, 6.45) is 6.53. The third-order valence-electron chi connectivity index (χ3n) is 1.68. The predicted octanol–water partition coefficient (Wildman–Crippen LogP) is 0.369. The van der Waals surface area contributed by atoms with Crippen LogP contribution in [0.25, 0.3) is 0 Å². The molecule has 0 bridgehead atoms. The van der Waals surface area contributed by atoms with Crippen LogP contribution in [0.5, 0.6) is 0 Å². The van der Waals surface area contributed by atoms with Gasteiger partial charge in [0.25, 0.3) is 5.91 Å². The number of aromatic nitrogens is 1. The number of hydrogen-bond donors (Lipinski definition) is 1. The summed E-state index contributed by atoms with van der Waals surface area (Å²) in [6.45, 7) is 0.269. The van der Waals surface area contributed by atoms with Gasteiger partial charge in [-0.2, -0.15) is 0 Å². The van der Waals surface area contributed by atoms with Gasteiger partial charge in [-0.1, -0.05) is 5.92 Å². The summed E-state index contributed by atoms with van der Waals surface area (Å²) >= 11 is 0. The lowest BCUT2D eigenvalue weighted by Crippen LogP contribution is -2.27. The van der Waals surface area contributed by atoms with Crippen LogP contribution < -0.4 is 5.73 Å². The van der Waals surface area contributed by atoms with Crippen molar-refractivity contribution in [2.24, 2.45) is 0 Å². The van der Waals surface area contributed by atoms with Crippen LogP contribution in [0.4, 0.5) is 5.69 Å². The Morgan fingerprint density at radius 3 is 2.93 bits per heavy atom. The Hall–Kier alpha value is -2.02. The summed E-state index contributed by atoms with van der Waals surface area (Å²) in [7, 11) is 1.63. The molecule has 1 aromatic rings. The van der Waals surface area contributed by atoms with E-state index >= 15 is 0 Å². The topological polar surface area (TPSA) is 59.2 Å². The molecule has 0 radical (unpaired) electrons. The highest BCUT2D eigenvalue weighted by molar-refractivity contribution is 5.92. The van der Waals surface area contributed by atoms with Gasteiger partial charge < -0.3 is 10.6 Å². The molecule has 0 fully saturated rings. The zero-order valence-corrected chi connectivity index (χ0v) is 7.90. The average Bonchev–Trinajstić information content (AvgIpc) is 2.18. The largest absolute Gasteiger partial charge is 0.397 e. The van der Waals surface area contributed by atoms with E-state index in [-0.39, 0.29) is 12.5 Å². The maximum atomic E-state index is 11.6. The third-order valence-corrected chi connectivity index (χ3v) is 1.68. The summed E-state index contributed by atoms with van der Waals surface area (Å²) in [4.78, 5) is 16.9. The Morgan fingerprint density at radius 2 is 2.43 bits per heavy atom. The van der Waals surface area contributed by atoms with E-state index in [1.54, 1.807) is 19.2 Å². The Kier molecular flexibility index (Phi) is 3.08. The zero-order chi connectivity index (χ0) is 10.6. The Morgan fingerprint density at radius 1 is 1.71 bits per heavy atom. The molecule has 0 aliphatic heterocycles. The number of amides is 1. The SMILES string of the molecule is C#CCN(C)C(=O)c1ccc(N)cn1. The lowest BCUT2D eigenvalue weighted by molar-refractivity contribution is 0.0807. The number of nitrogen functional groups attached to an aromatic ring is 1. The summed E-state index contributed by atoms with van der Waals surface area (Å²) < 4.78 is 0. The van der Waals surface area contributed by atoms with Crippen molar-refractivity contribution >= 4 is 11.6 Å². The van der Waals surface area contributed by atoms with Crippen LogP contribution in [0.1, 0.15) is 10.5 Å². The van der Waals surface area contributed by atoms with Crippen molar-refractivity contribution in [3.63, 3.8) is 0 Å². The maximum absolute atomic E-state index is 11.6. The lowest BCUT2D eigenvalue weighted by atomic mass is 10.3. The number of carbonyl (C=O) groups excluding carboxylic acids is 1. The molecule has 0 unspecified atom stereocenters. The number of nitrogens with zero attached hydrogens (tertiary/aromatic N) is 2. The fourth-order valence-electron chi connectivity index (χ4n) is 0.936. The second kappa shape index (κ2) is 4.28. The first-order valence-electron chi connectivity index (χ1n) is 4.05. The molecule has 4 heteroatoms. The fourth-order valence-corrected chi connectivity index (χ4v) is 0.936. The minimum atomic E-state index is -0.206. The molecule has 1 amide bonds. The van der Waals surface area contributed by atoms with Crippen LogP contribution in [-0.2, 0) is 0 Å². The van der Waals surface area contributed by atoms with Gasteiger partial charge in [-0.05, 0) is 12.1 Å². The number of carbonyl (C=O) groups is 1. The van der Waals surface area contributed by atoms with Crippen LogP contribution in [0, 0.1) is 12.3 Å². The van der Waals surface area contributed by atoms with Gasteiger partial charge in [0, 0.05) is 7.05 Å². The van der Waals surface area contributed by atoms with Crippen molar-refractivity contribution in [3.8, 4) is 12.3 Å². The highest BCUT2D eigenvalue weighted by Gasteiger charge is 2.10. The second-order valence-corrected chi connectivity index (χ2v) is 2.84. The molecule has 0 spiro atoms. The number of hydrogen-bond acceptors (Lipinski definition) is 3. The van der Waals surface area contributed by atoms with Gasteiger partial charge >= 0.3 is 0 Å². The molecule has 0 atom stereocenters. The number of pyridine rings is 1. The van der Waals surface area contributed by atoms with Crippen LogP contribution in [0.15, 0.2) is 18.3 Å². The number of terminal acetylenes is 1. The molecule has 2 N–H and O–H groups in total. The fraction of sp³-hybridized carbons (Fsp3) is 0.200. The Bertz CT molecular complexity index is 364. The number of rotatable bonds is 2. The van der Waals surface area contributed by atoms with Crippen molar-refractivity contribution in [1.29, 1.82) is 0 Å². The molecule has 4 nitrogen and oxygen atoms in total. The highest BCUT2D eigenvalue weighted by Crippen LogP contribution is 2.03.